The maximum atomic E-state index is 14.9. The molecule has 4 aromatic rings. The molecule has 5 rings (SSSR count). The summed E-state index contributed by atoms with van der Waals surface area (Å²) < 4.78 is 16.9. The summed E-state index contributed by atoms with van der Waals surface area (Å²) in [4.78, 5) is 15.2. The number of fused-ring (bicyclic) bond motifs is 1. The van der Waals surface area contributed by atoms with E-state index in [2.05, 4.69) is 10.2 Å². The molecule has 3 heterocycles. The highest BCUT2D eigenvalue weighted by atomic mass is 19.1. The molecule has 0 spiro atoms. The molecule has 32 heavy (non-hydrogen) atoms. The number of pyridine rings is 1. The Morgan fingerprint density at radius 3 is 2.69 bits per heavy atom. The van der Waals surface area contributed by atoms with Gasteiger partial charge >= 0.3 is 0 Å². The van der Waals surface area contributed by atoms with E-state index in [-0.39, 0.29) is 17.6 Å². The Labute approximate surface area is 186 Å². The van der Waals surface area contributed by atoms with Crippen LogP contribution < -0.4 is 0 Å². The molecule has 0 unspecified atom stereocenters. The number of carbonyl (C=O) groups is 1. The molecule has 6 heteroatoms. The van der Waals surface area contributed by atoms with Crippen LogP contribution in [0, 0.1) is 5.82 Å². The van der Waals surface area contributed by atoms with Crippen LogP contribution in [0.3, 0.4) is 0 Å². The second-order valence-corrected chi connectivity index (χ2v) is 8.44. The quantitative estimate of drug-likeness (QED) is 0.457. The molecule has 1 fully saturated rings. The minimum Gasteiger partial charge on any atom is -0.341 e. The zero-order valence-corrected chi connectivity index (χ0v) is 18.0. The summed E-state index contributed by atoms with van der Waals surface area (Å²) in [6.45, 7) is 3.17. The van der Waals surface area contributed by atoms with Crippen LogP contribution in [0.1, 0.15) is 43.0 Å². The molecule has 1 saturated heterocycles. The molecule has 1 aliphatic rings. The molecule has 0 saturated carbocycles. The maximum Gasteiger partial charge on any atom is 0.229 e. The Morgan fingerprint density at radius 1 is 1.06 bits per heavy atom. The number of benzene rings is 2. The number of hydrogen-bond acceptors (Lipinski definition) is 3. The highest BCUT2D eigenvalue weighted by molar-refractivity contribution is 5.83. The van der Waals surface area contributed by atoms with Crippen LogP contribution in [0.5, 0.6) is 0 Å². The van der Waals surface area contributed by atoms with Gasteiger partial charge in [-0.3, -0.25) is 9.20 Å². The molecule has 5 nitrogen and oxygen atoms in total. The normalized spacial score (nSPS) is 17.4. The van der Waals surface area contributed by atoms with Crippen LogP contribution >= 0.6 is 0 Å². The number of aromatic nitrogens is 3. The van der Waals surface area contributed by atoms with Gasteiger partial charge < -0.3 is 4.90 Å². The topological polar surface area (TPSA) is 50.5 Å². The van der Waals surface area contributed by atoms with Crippen molar-refractivity contribution in [3.05, 3.63) is 90.1 Å². The van der Waals surface area contributed by atoms with Crippen LogP contribution in [-0.2, 0) is 4.79 Å². The first-order valence-electron chi connectivity index (χ1n) is 11.0. The highest BCUT2D eigenvalue weighted by Crippen LogP contribution is 2.30. The van der Waals surface area contributed by atoms with E-state index in [9.17, 15) is 9.18 Å². The number of rotatable bonds is 4. The van der Waals surface area contributed by atoms with Gasteiger partial charge in [-0.2, -0.15) is 0 Å². The number of hydrogen-bond donors (Lipinski definition) is 0. The summed E-state index contributed by atoms with van der Waals surface area (Å²) in [5.74, 6) is 0.330. The predicted molar refractivity (Wildman–Crippen MR) is 122 cm³/mol. The lowest BCUT2D eigenvalue weighted by molar-refractivity contribution is -0.133. The Hall–Kier alpha value is -3.54. The van der Waals surface area contributed by atoms with E-state index in [0.29, 0.717) is 24.2 Å². The fourth-order valence-electron chi connectivity index (χ4n) is 4.60. The number of likely N-dealkylation sites (tertiary alicyclic amines) is 1. The summed E-state index contributed by atoms with van der Waals surface area (Å²) >= 11 is 0. The minimum atomic E-state index is -0.414. The fraction of sp³-hybridized carbons (Fsp3) is 0.269. The number of amides is 1. The van der Waals surface area contributed by atoms with Crippen molar-refractivity contribution < 1.29 is 9.18 Å². The molecule has 162 valence electrons. The Balaban J connectivity index is 1.34. The Kier molecular flexibility index (Phi) is 5.43. The van der Waals surface area contributed by atoms with Crippen molar-refractivity contribution in [2.45, 2.75) is 31.6 Å². The molecule has 2 atom stereocenters. The van der Waals surface area contributed by atoms with E-state index in [1.165, 1.54) is 6.07 Å². The largest absolute Gasteiger partial charge is 0.341 e. The van der Waals surface area contributed by atoms with Gasteiger partial charge in [-0.05, 0) is 49.1 Å². The zero-order chi connectivity index (χ0) is 22.1. The molecule has 1 amide bonds. The highest BCUT2D eigenvalue weighted by Gasteiger charge is 2.30. The lowest BCUT2D eigenvalue weighted by Gasteiger charge is -2.33. The summed E-state index contributed by atoms with van der Waals surface area (Å²) in [6, 6.07) is 20.4. The predicted octanol–water partition coefficient (Wildman–Crippen LogP) is 5.05. The number of halogens is 1. The summed E-state index contributed by atoms with van der Waals surface area (Å²) in [5.41, 5.74) is 2.89. The van der Waals surface area contributed by atoms with Crippen molar-refractivity contribution in [2.75, 3.05) is 13.1 Å². The fourth-order valence-corrected chi connectivity index (χ4v) is 4.60. The molecule has 2 aromatic carbocycles. The van der Waals surface area contributed by atoms with Crippen molar-refractivity contribution in [1.82, 2.24) is 19.5 Å². The molecule has 0 bridgehead atoms. The average molecular weight is 429 g/mol. The third-order valence-corrected chi connectivity index (χ3v) is 6.39. The molecule has 0 aliphatic carbocycles. The van der Waals surface area contributed by atoms with Crippen molar-refractivity contribution in [3.63, 3.8) is 0 Å². The van der Waals surface area contributed by atoms with Gasteiger partial charge in [-0.25, -0.2) is 4.39 Å². The smallest absolute Gasteiger partial charge is 0.229 e. The van der Waals surface area contributed by atoms with Crippen LogP contribution in [-0.4, -0.2) is 38.5 Å². The summed E-state index contributed by atoms with van der Waals surface area (Å²) in [7, 11) is 0. The van der Waals surface area contributed by atoms with Gasteiger partial charge in [-0.1, -0.05) is 48.5 Å². The average Bonchev–Trinajstić information content (AvgIpc) is 3.28. The first kappa shape index (κ1) is 20.4. The van der Waals surface area contributed by atoms with E-state index >= 15 is 0 Å². The van der Waals surface area contributed by atoms with Crippen LogP contribution in [0.4, 0.5) is 4.39 Å². The van der Waals surface area contributed by atoms with E-state index < -0.39 is 5.92 Å². The van der Waals surface area contributed by atoms with Crippen molar-refractivity contribution in [3.8, 4) is 11.1 Å². The van der Waals surface area contributed by atoms with Crippen molar-refractivity contribution >= 4 is 11.6 Å². The number of nitrogens with zero attached hydrogens (tertiary/aromatic N) is 4. The third-order valence-electron chi connectivity index (χ3n) is 6.39. The molecular weight excluding hydrogens is 403 g/mol. The molecular formula is C26H25FN4O. The van der Waals surface area contributed by atoms with Crippen molar-refractivity contribution in [2.24, 2.45) is 0 Å². The van der Waals surface area contributed by atoms with Gasteiger partial charge in [0.2, 0.25) is 5.91 Å². The Bertz CT molecular complexity index is 1250. The lowest BCUT2D eigenvalue weighted by atomic mass is 9.93. The van der Waals surface area contributed by atoms with Crippen molar-refractivity contribution in [1.29, 1.82) is 0 Å². The first-order valence-corrected chi connectivity index (χ1v) is 11.0. The van der Waals surface area contributed by atoms with Crippen LogP contribution in [0.25, 0.3) is 16.8 Å². The van der Waals surface area contributed by atoms with Gasteiger partial charge in [0.05, 0.1) is 5.92 Å². The maximum absolute atomic E-state index is 14.9. The summed E-state index contributed by atoms with van der Waals surface area (Å²) in [6.07, 6.45) is 3.84. The lowest BCUT2D eigenvalue weighted by Crippen LogP contribution is -2.41. The van der Waals surface area contributed by atoms with Crippen LogP contribution in [0.15, 0.2) is 72.9 Å². The molecule has 2 aromatic heterocycles. The van der Waals surface area contributed by atoms with Gasteiger partial charge in [-0.15, -0.1) is 10.2 Å². The number of piperidine rings is 1. The molecule has 0 N–H and O–H groups in total. The SMILES string of the molecule is C[C@H](C(=O)N1CCC[C@@H](c2nnc3ccccn23)C1)c1ccc(-c2ccccc2)c(F)c1. The minimum absolute atomic E-state index is 0.0235. The number of carbonyl (C=O) groups excluding carboxylic acids is 1. The van der Waals surface area contributed by atoms with E-state index in [0.717, 1.165) is 29.9 Å². The van der Waals surface area contributed by atoms with Gasteiger partial charge in [0.25, 0.3) is 0 Å². The second-order valence-electron chi connectivity index (χ2n) is 8.44. The molecule has 1 aliphatic heterocycles. The third kappa shape index (κ3) is 3.77. The van der Waals surface area contributed by atoms with Gasteiger partial charge in [0, 0.05) is 30.8 Å². The first-order chi connectivity index (χ1) is 15.6. The van der Waals surface area contributed by atoms with E-state index in [1.54, 1.807) is 6.07 Å². The van der Waals surface area contributed by atoms with Gasteiger partial charge in [0.1, 0.15) is 11.6 Å². The summed E-state index contributed by atoms with van der Waals surface area (Å²) in [5, 5.41) is 8.65. The monoisotopic (exact) mass is 428 g/mol. The van der Waals surface area contributed by atoms with Gasteiger partial charge in [0.15, 0.2) is 5.65 Å². The standard InChI is InChI=1S/C26H25FN4O/c1-18(20-12-13-22(23(27)16-20)19-8-3-2-4-9-19)26(32)30-14-7-10-21(17-30)25-29-28-24-11-5-6-15-31(24)25/h2-6,8-9,11-13,15-16,18,21H,7,10,14,17H2,1H3/t18-,21+/m0/s1. The molecule has 0 radical (unpaired) electrons. The zero-order valence-electron chi connectivity index (χ0n) is 18.0. The van der Waals surface area contributed by atoms with E-state index in [1.807, 2.05) is 77.0 Å². The van der Waals surface area contributed by atoms with E-state index in [4.69, 9.17) is 0 Å². The Morgan fingerprint density at radius 2 is 1.88 bits per heavy atom. The van der Waals surface area contributed by atoms with Crippen LogP contribution in [0.2, 0.25) is 0 Å². The second kappa shape index (κ2) is 8.54.